The fourth-order valence-electron chi connectivity index (χ4n) is 3.38. The number of likely N-dealkylation sites (tertiary alicyclic amines) is 1. The Morgan fingerprint density at radius 2 is 2.12 bits per heavy atom. The third kappa shape index (κ3) is 4.54. The van der Waals surface area contributed by atoms with Crippen molar-refractivity contribution < 1.29 is 14.3 Å². The van der Waals surface area contributed by atoms with E-state index in [0.29, 0.717) is 6.54 Å². The summed E-state index contributed by atoms with van der Waals surface area (Å²) in [6.45, 7) is 10.4. The normalized spacial score (nSPS) is 21.4. The number of nitrogens with zero attached hydrogens (tertiary/aromatic N) is 2. The van der Waals surface area contributed by atoms with E-state index in [1.807, 2.05) is 31.2 Å². The number of aromatic nitrogens is 1. The van der Waals surface area contributed by atoms with Crippen molar-refractivity contribution in [3.8, 4) is 0 Å². The molecule has 0 radical (unpaired) electrons. The molecule has 0 bridgehead atoms. The van der Waals surface area contributed by atoms with Gasteiger partial charge in [0.1, 0.15) is 5.60 Å². The van der Waals surface area contributed by atoms with Gasteiger partial charge in [0.2, 0.25) is 0 Å². The topological polar surface area (TPSA) is 51.7 Å². The highest BCUT2D eigenvalue weighted by molar-refractivity contribution is 7.16. The van der Waals surface area contributed by atoms with Crippen LogP contribution in [-0.4, -0.2) is 40.3 Å². The van der Waals surface area contributed by atoms with Gasteiger partial charge in [0, 0.05) is 6.54 Å². The molecule has 3 rings (SSSR count). The first-order valence-electron chi connectivity index (χ1n) is 9.21. The summed E-state index contributed by atoms with van der Waals surface area (Å²) in [6.07, 6.45) is 1.66. The molecule has 1 amide bonds. The van der Waals surface area contributed by atoms with Crippen LogP contribution in [0.4, 0.5) is 4.79 Å². The van der Waals surface area contributed by atoms with E-state index < -0.39 is 5.60 Å². The quantitative estimate of drug-likeness (QED) is 0.742. The minimum absolute atomic E-state index is 0.0616. The molecule has 5 nitrogen and oxygen atoms in total. The molecule has 6 heteroatoms. The monoisotopic (exact) mass is 376 g/mol. The molecule has 2 aromatic rings. The van der Waals surface area contributed by atoms with E-state index in [-0.39, 0.29) is 24.3 Å². The van der Waals surface area contributed by atoms with E-state index in [1.54, 1.807) is 11.3 Å². The number of carbonyl (C=O) groups is 1. The molecule has 1 aliphatic heterocycles. The summed E-state index contributed by atoms with van der Waals surface area (Å²) >= 11 is 1.63. The Balaban J connectivity index is 1.88. The smallest absolute Gasteiger partial charge is 0.410 e. The van der Waals surface area contributed by atoms with Gasteiger partial charge in [0.15, 0.2) is 0 Å². The minimum Gasteiger partial charge on any atom is -0.444 e. The van der Waals surface area contributed by atoms with Crippen LogP contribution >= 0.6 is 11.3 Å². The van der Waals surface area contributed by atoms with Crippen molar-refractivity contribution in [3.63, 3.8) is 0 Å². The number of hydrogen-bond acceptors (Lipinski definition) is 5. The van der Waals surface area contributed by atoms with Crippen LogP contribution in [0.5, 0.6) is 0 Å². The van der Waals surface area contributed by atoms with Gasteiger partial charge in [0.05, 0.1) is 34.0 Å². The Hall–Kier alpha value is -1.66. The van der Waals surface area contributed by atoms with Gasteiger partial charge in [-0.25, -0.2) is 9.78 Å². The zero-order valence-corrected chi connectivity index (χ0v) is 17.0. The van der Waals surface area contributed by atoms with Gasteiger partial charge < -0.3 is 14.4 Å². The lowest BCUT2D eigenvalue weighted by atomic mass is 9.93. The first kappa shape index (κ1) is 19.1. The van der Waals surface area contributed by atoms with Gasteiger partial charge in [-0.15, -0.1) is 11.3 Å². The lowest BCUT2D eigenvalue weighted by Gasteiger charge is -2.40. The van der Waals surface area contributed by atoms with E-state index >= 15 is 0 Å². The summed E-state index contributed by atoms with van der Waals surface area (Å²) in [5.41, 5.74) is 3.41. The fraction of sp³-hybridized carbons (Fsp3) is 0.600. The molecular formula is C20H28N2O3S. The molecule has 142 valence electrons. The molecule has 2 heterocycles. The number of piperidine rings is 1. The zero-order chi connectivity index (χ0) is 18.9. The predicted octanol–water partition coefficient (Wildman–Crippen LogP) is 5.16. The SMILES string of the molecule is CC(C)OC1CCN(C(=O)OC(C)(C)C)[C@H](c2ccc3scnc3c2)C1. The van der Waals surface area contributed by atoms with Gasteiger partial charge in [-0.3, -0.25) is 0 Å². The number of ether oxygens (including phenoxy) is 2. The van der Waals surface area contributed by atoms with E-state index in [1.165, 1.54) is 0 Å². The van der Waals surface area contributed by atoms with Gasteiger partial charge in [-0.1, -0.05) is 6.07 Å². The molecule has 0 spiro atoms. The first-order valence-corrected chi connectivity index (χ1v) is 10.1. The number of thiazole rings is 1. The van der Waals surface area contributed by atoms with E-state index in [2.05, 4.69) is 37.0 Å². The van der Waals surface area contributed by atoms with Crippen LogP contribution < -0.4 is 0 Å². The summed E-state index contributed by atoms with van der Waals surface area (Å²) < 4.78 is 12.9. The average molecular weight is 377 g/mol. The van der Waals surface area contributed by atoms with Crippen LogP contribution in [0, 0.1) is 0 Å². The summed E-state index contributed by atoms with van der Waals surface area (Å²) in [5.74, 6) is 0. The molecule has 1 saturated heterocycles. The summed E-state index contributed by atoms with van der Waals surface area (Å²) in [4.78, 5) is 19.1. The largest absolute Gasteiger partial charge is 0.444 e. The molecule has 1 aromatic carbocycles. The zero-order valence-electron chi connectivity index (χ0n) is 16.2. The van der Waals surface area contributed by atoms with Crippen LogP contribution in [0.3, 0.4) is 0 Å². The van der Waals surface area contributed by atoms with Crippen LogP contribution in [0.25, 0.3) is 10.2 Å². The van der Waals surface area contributed by atoms with Gasteiger partial charge in [-0.05, 0) is 65.2 Å². The van der Waals surface area contributed by atoms with Gasteiger partial charge in [0.25, 0.3) is 0 Å². The molecule has 1 fully saturated rings. The van der Waals surface area contributed by atoms with Crippen molar-refractivity contribution in [3.05, 3.63) is 29.3 Å². The standard InChI is InChI=1S/C20H28N2O3S/c1-13(2)24-15-8-9-22(19(23)25-20(3,4)5)17(11-15)14-6-7-18-16(10-14)21-12-26-18/h6-7,10,12-13,15,17H,8-9,11H2,1-5H3/t15?,17-/m0/s1. The van der Waals surface area contributed by atoms with Crippen molar-refractivity contribution in [1.29, 1.82) is 0 Å². The Kier molecular flexibility index (Phi) is 5.53. The molecule has 0 N–H and O–H groups in total. The molecule has 0 saturated carbocycles. The Bertz CT molecular complexity index is 766. The highest BCUT2D eigenvalue weighted by Crippen LogP contribution is 2.35. The number of rotatable bonds is 3. The third-order valence-corrected chi connectivity index (χ3v) is 5.20. The molecule has 1 aliphatic rings. The third-order valence-electron chi connectivity index (χ3n) is 4.39. The molecule has 0 aliphatic carbocycles. The highest BCUT2D eigenvalue weighted by Gasteiger charge is 2.36. The molecule has 26 heavy (non-hydrogen) atoms. The van der Waals surface area contributed by atoms with Crippen LogP contribution in [0.2, 0.25) is 0 Å². The van der Waals surface area contributed by atoms with Crippen molar-refractivity contribution in [2.24, 2.45) is 0 Å². The van der Waals surface area contributed by atoms with Crippen LogP contribution in [0.1, 0.15) is 59.1 Å². The molecule has 2 atom stereocenters. The predicted molar refractivity (Wildman–Crippen MR) is 105 cm³/mol. The van der Waals surface area contributed by atoms with Crippen molar-refractivity contribution in [1.82, 2.24) is 9.88 Å². The van der Waals surface area contributed by atoms with E-state index in [0.717, 1.165) is 28.6 Å². The van der Waals surface area contributed by atoms with Gasteiger partial charge >= 0.3 is 6.09 Å². The maximum Gasteiger partial charge on any atom is 0.410 e. The van der Waals surface area contributed by atoms with Crippen molar-refractivity contribution in [2.45, 2.75) is 71.3 Å². The Morgan fingerprint density at radius 3 is 2.81 bits per heavy atom. The lowest BCUT2D eigenvalue weighted by Crippen LogP contribution is -2.45. The average Bonchev–Trinajstić information content (AvgIpc) is 3.00. The summed E-state index contributed by atoms with van der Waals surface area (Å²) in [7, 11) is 0. The Morgan fingerprint density at radius 1 is 1.35 bits per heavy atom. The maximum atomic E-state index is 12.8. The molecule has 1 aromatic heterocycles. The van der Waals surface area contributed by atoms with Gasteiger partial charge in [-0.2, -0.15) is 0 Å². The fourth-order valence-corrected chi connectivity index (χ4v) is 4.04. The summed E-state index contributed by atoms with van der Waals surface area (Å²) in [6, 6.07) is 6.21. The molecule has 1 unspecified atom stereocenters. The molecular weight excluding hydrogens is 348 g/mol. The second-order valence-corrected chi connectivity index (χ2v) is 8.99. The van der Waals surface area contributed by atoms with Crippen molar-refractivity contribution >= 4 is 27.6 Å². The lowest BCUT2D eigenvalue weighted by molar-refractivity contribution is -0.0511. The maximum absolute atomic E-state index is 12.8. The van der Waals surface area contributed by atoms with Crippen LogP contribution in [0.15, 0.2) is 23.7 Å². The second-order valence-electron chi connectivity index (χ2n) is 8.10. The van der Waals surface area contributed by atoms with Crippen LogP contribution in [-0.2, 0) is 9.47 Å². The van der Waals surface area contributed by atoms with E-state index in [4.69, 9.17) is 9.47 Å². The number of carbonyl (C=O) groups excluding carboxylic acids is 1. The second kappa shape index (κ2) is 7.53. The minimum atomic E-state index is -0.508. The number of hydrogen-bond donors (Lipinski definition) is 0. The van der Waals surface area contributed by atoms with Crippen molar-refractivity contribution in [2.75, 3.05) is 6.54 Å². The number of benzene rings is 1. The first-order chi connectivity index (χ1) is 12.2. The Labute approximate surface area is 159 Å². The number of amides is 1. The number of fused-ring (bicyclic) bond motifs is 1. The highest BCUT2D eigenvalue weighted by atomic mass is 32.1. The summed E-state index contributed by atoms with van der Waals surface area (Å²) in [5, 5.41) is 0. The van der Waals surface area contributed by atoms with E-state index in [9.17, 15) is 4.79 Å².